The first kappa shape index (κ1) is 22.6. The van der Waals surface area contributed by atoms with Crippen LogP contribution in [0.4, 0.5) is 0 Å². The normalized spacial score (nSPS) is 31.6. The summed E-state index contributed by atoms with van der Waals surface area (Å²) in [4.78, 5) is 35.9. The van der Waals surface area contributed by atoms with E-state index in [2.05, 4.69) is 6.58 Å². The van der Waals surface area contributed by atoms with E-state index in [4.69, 9.17) is 14.2 Å². The van der Waals surface area contributed by atoms with Crippen LogP contribution in [0, 0.1) is 5.92 Å². The Morgan fingerprint density at radius 2 is 1.93 bits per heavy atom. The van der Waals surface area contributed by atoms with E-state index in [0.29, 0.717) is 12.8 Å². The van der Waals surface area contributed by atoms with Crippen LogP contribution in [-0.4, -0.2) is 47.9 Å². The minimum atomic E-state index is -0.732. The molecule has 2 rings (SSSR count). The van der Waals surface area contributed by atoms with Gasteiger partial charge in [0.25, 0.3) is 0 Å². The van der Waals surface area contributed by atoms with Gasteiger partial charge in [0, 0.05) is 18.9 Å². The molecule has 0 radical (unpaired) electrons. The van der Waals surface area contributed by atoms with Crippen molar-refractivity contribution in [1.29, 1.82) is 0 Å². The number of esters is 3. The Bertz CT molecular complexity index is 787. The second-order valence-electron chi connectivity index (χ2n) is 7.46. The Hall–Kier alpha value is -2.67. The summed E-state index contributed by atoms with van der Waals surface area (Å²) in [6.07, 6.45) is 3.68. The first-order chi connectivity index (χ1) is 13.6. The molecule has 1 fully saturated rings. The SMILES string of the molecule is C=C1C(=O)O[C@@H]2/C=C(/C)C[C@H](O)/C=C(/C)C[C@@H](OC(=O)/C(=C\C)COC(C)=O)[C@@H]12. The predicted octanol–water partition coefficient (Wildman–Crippen LogP) is 2.55. The van der Waals surface area contributed by atoms with Crippen molar-refractivity contribution in [1.82, 2.24) is 0 Å². The molecule has 2 aliphatic rings. The summed E-state index contributed by atoms with van der Waals surface area (Å²) in [6.45, 7) is 10.2. The third-order valence-electron chi connectivity index (χ3n) is 4.94. The van der Waals surface area contributed by atoms with Gasteiger partial charge in [-0.2, -0.15) is 0 Å². The van der Waals surface area contributed by atoms with Gasteiger partial charge in [-0.25, -0.2) is 9.59 Å². The Balaban J connectivity index is 2.34. The molecule has 158 valence electrons. The van der Waals surface area contributed by atoms with Crippen molar-refractivity contribution in [3.05, 3.63) is 47.1 Å². The highest BCUT2D eigenvalue weighted by molar-refractivity contribution is 5.92. The predicted molar refractivity (Wildman–Crippen MR) is 106 cm³/mol. The van der Waals surface area contributed by atoms with Crippen molar-refractivity contribution in [2.45, 2.75) is 58.8 Å². The van der Waals surface area contributed by atoms with Crippen molar-refractivity contribution in [2.24, 2.45) is 5.92 Å². The lowest BCUT2D eigenvalue weighted by molar-refractivity contribution is -0.148. The number of hydrogen-bond donors (Lipinski definition) is 1. The quantitative estimate of drug-likeness (QED) is 0.333. The molecule has 0 amide bonds. The first-order valence-corrected chi connectivity index (χ1v) is 9.54. The van der Waals surface area contributed by atoms with Crippen LogP contribution >= 0.6 is 0 Å². The monoisotopic (exact) mass is 404 g/mol. The van der Waals surface area contributed by atoms with E-state index in [1.807, 2.05) is 13.8 Å². The van der Waals surface area contributed by atoms with Gasteiger partial charge in [0.1, 0.15) is 18.8 Å². The number of rotatable bonds is 4. The van der Waals surface area contributed by atoms with E-state index in [1.54, 1.807) is 19.1 Å². The molecule has 0 aromatic carbocycles. The molecule has 7 heteroatoms. The molecule has 1 saturated heterocycles. The number of carbonyl (C=O) groups excluding carboxylic acids is 3. The average molecular weight is 404 g/mol. The summed E-state index contributed by atoms with van der Waals surface area (Å²) in [7, 11) is 0. The molecule has 29 heavy (non-hydrogen) atoms. The largest absolute Gasteiger partial charge is 0.461 e. The van der Waals surface area contributed by atoms with Crippen LogP contribution in [0.3, 0.4) is 0 Å². The molecule has 7 nitrogen and oxygen atoms in total. The molecule has 1 heterocycles. The van der Waals surface area contributed by atoms with E-state index in [9.17, 15) is 19.5 Å². The van der Waals surface area contributed by atoms with Gasteiger partial charge in [0.15, 0.2) is 0 Å². The minimum Gasteiger partial charge on any atom is -0.461 e. The lowest BCUT2D eigenvalue weighted by atomic mass is 9.85. The smallest absolute Gasteiger partial charge is 0.337 e. The van der Waals surface area contributed by atoms with Crippen molar-refractivity contribution in [3.8, 4) is 0 Å². The highest BCUT2D eigenvalue weighted by Crippen LogP contribution is 2.36. The van der Waals surface area contributed by atoms with Crippen molar-refractivity contribution >= 4 is 17.9 Å². The van der Waals surface area contributed by atoms with Crippen LogP contribution < -0.4 is 0 Å². The van der Waals surface area contributed by atoms with Crippen LogP contribution in [-0.2, 0) is 28.6 Å². The minimum absolute atomic E-state index is 0.193. The molecule has 0 unspecified atom stereocenters. The molecule has 1 aliphatic heterocycles. The van der Waals surface area contributed by atoms with Gasteiger partial charge in [0.05, 0.1) is 17.6 Å². The summed E-state index contributed by atoms with van der Waals surface area (Å²) in [6, 6.07) is 0. The second-order valence-corrected chi connectivity index (χ2v) is 7.46. The second kappa shape index (κ2) is 9.69. The Morgan fingerprint density at radius 1 is 1.28 bits per heavy atom. The molecular formula is C22H28O7. The zero-order chi connectivity index (χ0) is 21.7. The standard InChI is InChI=1S/C22H28O7/c1-6-16(11-27-15(5)23)22(26)29-19-10-13(3)8-17(24)7-12(2)9-18-20(19)14(4)21(25)28-18/h6,8-9,17-20,24H,4,7,10-11H2,1-3,5H3/b12-9-,13-8-,16-6-/t17-,18+,19+,20-/m0/s1. The van der Waals surface area contributed by atoms with E-state index < -0.39 is 42.1 Å². The fraction of sp³-hybridized carbons (Fsp3) is 0.500. The lowest BCUT2D eigenvalue weighted by Crippen LogP contribution is -2.34. The molecule has 0 aromatic heterocycles. The molecule has 0 spiro atoms. The van der Waals surface area contributed by atoms with E-state index in [-0.39, 0.29) is 17.8 Å². The topological polar surface area (TPSA) is 99.1 Å². The van der Waals surface area contributed by atoms with Crippen LogP contribution in [0.15, 0.2) is 47.1 Å². The summed E-state index contributed by atoms with van der Waals surface area (Å²) < 4.78 is 16.1. The highest BCUT2D eigenvalue weighted by Gasteiger charge is 2.44. The van der Waals surface area contributed by atoms with E-state index >= 15 is 0 Å². The Morgan fingerprint density at radius 3 is 2.55 bits per heavy atom. The third-order valence-corrected chi connectivity index (χ3v) is 4.94. The van der Waals surface area contributed by atoms with Gasteiger partial charge in [-0.15, -0.1) is 0 Å². The number of aliphatic hydroxyl groups excluding tert-OH is 1. The number of allylic oxidation sites excluding steroid dienone is 1. The Labute approximate surface area is 170 Å². The first-order valence-electron chi connectivity index (χ1n) is 9.54. The van der Waals surface area contributed by atoms with Gasteiger partial charge in [-0.05, 0) is 33.3 Å². The van der Waals surface area contributed by atoms with Crippen LogP contribution in [0.5, 0.6) is 0 Å². The fourth-order valence-corrected chi connectivity index (χ4v) is 3.53. The van der Waals surface area contributed by atoms with Gasteiger partial charge in [0.2, 0.25) is 0 Å². The summed E-state index contributed by atoms with van der Waals surface area (Å²) in [5, 5.41) is 10.2. The molecular weight excluding hydrogens is 376 g/mol. The summed E-state index contributed by atoms with van der Waals surface area (Å²) in [5.41, 5.74) is 2.11. The zero-order valence-electron chi connectivity index (χ0n) is 17.3. The van der Waals surface area contributed by atoms with E-state index in [0.717, 1.165) is 11.1 Å². The number of hydrogen-bond acceptors (Lipinski definition) is 7. The number of aliphatic hydroxyl groups is 1. The number of fused-ring (bicyclic) bond motifs is 1. The molecule has 0 bridgehead atoms. The van der Waals surface area contributed by atoms with Crippen molar-refractivity contribution < 1.29 is 33.7 Å². The van der Waals surface area contributed by atoms with Crippen molar-refractivity contribution in [2.75, 3.05) is 6.61 Å². The summed E-state index contributed by atoms with van der Waals surface area (Å²) in [5.74, 6) is -2.23. The maximum Gasteiger partial charge on any atom is 0.337 e. The lowest BCUT2D eigenvalue weighted by Gasteiger charge is -2.28. The van der Waals surface area contributed by atoms with E-state index in [1.165, 1.54) is 13.0 Å². The van der Waals surface area contributed by atoms with Gasteiger partial charge in [-0.1, -0.05) is 29.9 Å². The summed E-state index contributed by atoms with van der Waals surface area (Å²) >= 11 is 0. The van der Waals surface area contributed by atoms with Crippen LogP contribution in [0.1, 0.15) is 40.5 Å². The maximum absolute atomic E-state index is 12.7. The molecule has 1 N–H and O–H groups in total. The molecule has 0 aromatic rings. The van der Waals surface area contributed by atoms with Gasteiger partial charge >= 0.3 is 17.9 Å². The Kier molecular flexibility index (Phi) is 7.56. The zero-order valence-corrected chi connectivity index (χ0v) is 17.3. The van der Waals surface area contributed by atoms with Gasteiger partial charge < -0.3 is 19.3 Å². The number of carbonyl (C=O) groups is 3. The third kappa shape index (κ3) is 5.90. The number of ether oxygens (including phenoxy) is 3. The maximum atomic E-state index is 12.7. The molecule has 0 saturated carbocycles. The molecule has 4 atom stereocenters. The fourth-order valence-electron chi connectivity index (χ4n) is 3.53. The highest BCUT2D eigenvalue weighted by atomic mass is 16.6. The van der Waals surface area contributed by atoms with Crippen LogP contribution in [0.2, 0.25) is 0 Å². The molecule has 1 aliphatic carbocycles. The average Bonchev–Trinajstić information content (AvgIpc) is 2.87. The van der Waals surface area contributed by atoms with Gasteiger partial charge in [-0.3, -0.25) is 4.79 Å². The van der Waals surface area contributed by atoms with Crippen LogP contribution in [0.25, 0.3) is 0 Å². The van der Waals surface area contributed by atoms with Crippen molar-refractivity contribution in [3.63, 3.8) is 0 Å².